The summed E-state index contributed by atoms with van der Waals surface area (Å²) in [7, 11) is 3.55. The predicted molar refractivity (Wildman–Crippen MR) is 120 cm³/mol. The quantitative estimate of drug-likeness (QED) is 0.296. The molecule has 0 bridgehead atoms. The Morgan fingerprint density at radius 1 is 0.875 bits per heavy atom. The third-order valence-corrected chi connectivity index (χ3v) is 9.18. The third kappa shape index (κ3) is 4.48. The molecule has 0 aromatic carbocycles. The molecule has 2 heterocycles. The Labute approximate surface area is 177 Å². The normalized spacial score (nSPS) is 33.7. The highest BCUT2D eigenvalue weighted by atomic mass is 127. The van der Waals surface area contributed by atoms with Crippen molar-refractivity contribution in [1.29, 1.82) is 0 Å². The molecule has 0 N–H and O–H groups in total. The van der Waals surface area contributed by atoms with E-state index in [1.807, 2.05) is 0 Å². The molecule has 3 fully saturated rings. The van der Waals surface area contributed by atoms with Gasteiger partial charge in [-0.1, -0.05) is 13.2 Å². The van der Waals surface area contributed by atoms with Gasteiger partial charge in [0.15, 0.2) is 0 Å². The molecule has 8 heteroatoms. The number of rotatable bonds is 8. The summed E-state index contributed by atoms with van der Waals surface area (Å²) in [6, 6.07) is 0.625. The number of halogens is 2. The summed E-state index contributed by atoms with van der Waals surface area (Å²) in [4.78, 5) is 0. The van der Waals surface area contributed by atoms with Gasteiger partial charge in [0.1, 0.15) is 0 Å². The van der Waals surface area contributed by atoms with Gasteiger partial charge >= 0.3 is 0 Å². The fourth-order valence-electron chi connectivity index (χ4n) is 3.67. The molecule has 1 saturated carbocycles. The lowest BCUT2D eigenvalue weighted by Gasteiger charge is -2.50. The Bertz CT molecular complexity index is 429. The summed E-state index contributed by atoms with van der Waals surface area (Å²) >= 11 is 4.77. The van der Waals surface area contributed by atoms with Crippen LogP contribution in [0.3, 0.4) is 0 Å². The van der Waals surface area contributed by atoms with Gasteiger partial charge in [-0.2, -0.15) is 0 Å². The van der Waals surface area contributed by atoms with Crippen LogP contribution in [0.25, 0.3) is 0 Å². The monoisotopic (exact) mass is 594 g/mol. The van der Waals surface area contributed by atoms with Gasteiger partial charge in [0.2, 0.25) is 0 Å². The van der Waals surface area contributed by atoms with E-state index in [4.69, 9.17) is 9.47 Å². The van der Waals surface area contributed by atoms with Crippen LogP contribution in [0.2, 0.25) is 0 Å². The van der Waals surface area contributed by atoms with Crippen LogP contribution in [0.15, 0.2) is 24.3 Å². The fraction of sp³-hybridized carbons (Fsp3) is 0.750. The molecule has 2 saturated heterocycles. The van der Waals surface area contributed by atoms with E-state index in [9.17, 15) is 0 Å². The Balaban J connectivity index is 1.66. The highest BCUT2D eigenvalue weighted by Gasteiger charge is 2.47. The van der Waals surface area contributed by atoms with Crippen molar-refractivity contribution < 1.29 is 9.47 Å². The highest BCUT2D eigenvalue weighted by molar-refractivity contribution is 14.2. The first-order chi connectivity index (χ1) is 11.7. The van der Waals surface area contributed by atoms with Crippen molar-refractivity contribution in [3.63, 3.8) is 0 Å². The third-order valence-electron chi connectivity index (χ3n) is 5.04. The zero-order valence-electron chi connectivity index (χ0n) is 13.7. The maximum absolute atomic E-state index is 5.85. The van der Waals surface area contributed by atoms with Crippen molar-refractivity contribution in [1.82, 2.24) is 8.61 Å². The average Bonchev–Trinajstić information content (AvgIpc) is 3.29. The first-order valence-corrected chi connectivity index (χ1v) is 15.0. The maximum Gasteiger partial charge on any atom is 0.0712 e. The summed E-state index contributed by atoms with van der Waals surface area (Å²) in [6.07, 6.45) is 5.40. The van der Waals surface area contributed by atoms with E-state index >= 15 is 0 Å². The number of nitrogens with zero attached hydrogens (tertiary/aromatic N) is 2. The van der Waals surface area contributed by atoms with Gasteiger partial charge in [-0.25, -0.2) is 8.61 Å². The van der Waals surface area contributed by atoms with E-state index < -0.39 is 0 Å². The zero-order valence-corrected chi connectivity index (χ0v) is 19.6. The molecule has 0 spiro atoms. The molecule has 0 aromatic rings. The van der Waals surface area contributed by atoms with Gasteiger partial charge in [-0.15, -0.1) is 0 Å². The van der Waals surface area contributed by atoms with Gasteiger partial charge in [0.25, 0.3) is 0 Å². The first-order valence-electron chi connectivity index (χ1n) is 8.37. The zero-order chi connectivity index (χ0) is 17.1. The standard InChI is InChI=1S/C16H24I2N2O2S2/c1-11-12(2)16(20(24-18)10-14-6-4-8-22-14)15(11)19(23-17)9-13-5-3-7-21-13/h13-16H,1-10H2/t13?,14?,15-,16-/m1/s1. The molecule has 2 aliphatic heterocycles. The van der Waals surface area contributed by atoms with Crippen molar-refractivity contribution in [2.24, 2.45) is 0 Å². The van der Waals surface area contributed by atoms with Crippen molar-refractivity contribution in [3.05, 3.63) is 24.3 Å². The molecule has 4 atom stereocenters. The number of hydrogen-bond acceptors (Lipinski definition) is 6. The fourth-order valence-corrected chi connectivity index (χ4v) is 7.21. The molecule has 3 rings (SSSR count). The molecular weight excluding hydrogens is 570 g/mol. The first kappa shape index (κ1) is 20.2. The van der Waals surface area contributed by atoms with Crippen LogP contribution in [-0.2, 0) is 9.47 Å². The molecule has 4 nitrogen and oxygen atoms in total. The van der Waals surface area contributed by atoms with E-state index in [2.05, 4.69) is 64.2 Å². The number of ether oxygens (including phenoxy) is 2. The summed E-state index contributed by atoms with van der Waals surface area (Å²) in [6.45, 7) is 12.3. The van der Waals surface area contributed by atoms with Crippen molar-refractivity contribution in [2.45, 2.75) is 50.0 Å². The van der Waals surface area contributed by atoms with Crippen LogP contribution in [-0.4, -0.2) is 59.2 Å². The molecule has 0 amide bonds. The second-order valence-electron chi connectivity index (χ2n) is 6.55. The topological polar surface area (TPSA) is 24.9 Å². The Morgan fingerprint density at radius 2 is 1.29 bits per heavy atom. The second kappa shape index (κ2) is 9.61. The summed E-state index contributed by atoms with van der Waals surface area (Å²) in [5.74, 6) is 0. The van der Waals surface area contributed by atoms with Gasteiger partial charge in [0, 0.05) is 68.7 Å². The van der Waals surface area contributed by atoms with Crippen LogP contribution in [0.5, 0.6) is 0 Å². The largest absolute Gasteiger partial charge is 0.377 e. The van der Waals surface area contributed by atoms with Crippen molar-refractivity contribution >= 4 is 60.6 Å². The van der Waals surface area contributed by atoms with Crippen LogP contribution in [0.1, 0.15) is 25.7 Å². The van der Waals surface area contributed by atoms with Gasteiger partial charge < -0.3 is 9.47 Å². The van der Waals surface area contributed by atoms with Crippen LogP contribution < -0.4 is 0 Å². The maximum atomic E-state index is 5.85. The Kier molecular flexibility index (Phi) is 8.09. The molecule has 0 aromatic heterocycles. The van der Waals surface area contributed by atoms with Crippen LogP contribution in [0, 0.1) is 0 Å². The van der Waals surface area contributed by atoms with Gasteiger partial charge in [-0.3, -0.25) is 0 Å². The van der Waals surface area contributed by atoms with Crippen molar-refractivity contribution in [2.75, 3.05) is 26.3 Å². The van der Waals surface area contributed by atoms with E-state index in [0.29, 0.717) is 24.3 Å². The molecule has 136 valence electrons. The second-order valence-corrected chi connectivity index (χ2v) is 10.1. The van der Waals surface area contributed by atoms with E-state index in [0.717, 1.165) is 26.3 Å². The number of hydrogen-bond donors (Lipinski definition) is 0. The summed E-state index contributed by atoms with van der Waals surface area (Å²) in [5, 5.41) is 0. The lowest BCUT2D eigenvalue weighted by atomic mass is 9.76. The minimum absolute atomic E-state index is 0.312. The summed E-state index contributed by atoms with van der Waals surface area (Å²) < 4.78 is 16.6. The van der Waals surface area contributed by atoms with Gasteiger partial charge in [-0.05, 0) is 55.1 Å². The minimum atomic E-state index is 0.312. The Hall–Kier alpha value is 1.48. The van der Waals surface area contributed by atoms with E-state index in [-0.39, 0.29) is 0 Å². The smallest absolute Gasteiger partial charge is 0.0712 e. The SMILES string of the molecule is C=C1C(=C)[C@@H](N(CC2CCCO2)SI)[C@@H]1N(CC1CCCO1)SI. The minimum Gasteiger partial charge on any atom is -0.377 e. The van der Waals surface area contributed by atoms with E-state index in [1.165, 1.54) is 36.8 Å². The van der Waals surface area contributed by atoms with Gasteiger partial charge in [0.05, 0.1) is 24.3 Å². The lowest BCUT2D eigenvalue weighted by molar-refractivity contribution is 0.0690. The van der Waals surface area contributed by atoms with Crippen molar-refractivity contribution in [3.8, 4) is 0 Å². The molecular formula is C16H24I2N2O2S2. The van der Waals surface area contributed by atoms with Crippen LogP contribution in [0.4, 0.5) is 0 Å². The molecule has 2 unspecified atom stereocenters. The molecule has 1 aliphatic carbocycles. The summed E-state index contributed by atoms with van der Waals surface area (Å²) in [5.41, 5.74) is 2.34. The highest BCUT2D eigenvalue weighted by Crippen LogP contribution is 2.46. The molecule has 0 radical (unpaired) electrons. The molecule has 3 aliphatic rings. The predicted octanol–water partition coefficient (Wildman–Crippen LogP) is 4.81. The lowest BCUT2D eigenvalue weighted by Crippen LogP contribution is -2.59. The average molecular weight is 594 g/mol. The molecule has 24 heavy (non-hydrogen) atoms. The Morgan fingerprint density at radius 3 is 1.58 bits per heavy atom. The van der Waals surface area contributed by atoms with Crippen LogP contribution >= 0.6 is 60.6 Å². The van der Waals surface area contributed by atoms with E-state index in [1.54, 1.807) is 18.2 Å².